The summed E-state index contributed by atoms with van der Waals surface area (Å²) in [6, 6.07) is 7.39. The zero-order chi connectivity index (χ0) is 12.5. The Balaban J connectivity index is 2.23. The topological polar surface area (TPSA) is 38.3 Å². The van der Waals surface area contributed by atoms with Gasteiger partial charge in [0.1, 0.15) is 0 Å². The van der Waals surface area contributed by atoms with E-state index in [4.69, 9.17) is 16.3 Å². The predicted molar refractivity (Wildman–Crippen MR) is 69.3 cm³/mol. The van der Waals surface area contributed by atoms with Crippen LogP contribution in [0, 0.1) is 0 Å². The number of hydrogen-bond donors (Lipinski definition) is 1. The number of hydrogen-bond acceptors (Lipinski definition) is 2. The first kappa shape index (κ1) is 14.0. The first-order chi connectivity index (χ1) is 8.24. The van der Waals surface area contributed by atoms with E-state index in [0.29, 0.717) is 31.2 Å². The Kier molecular flexibility index (Phi) is 6.67. The van der Waals surface area contributed by atoms with Gasteiger partial charge in [-0.15, -0.1) is 0 Å². The summed E-state index contributed by atoms with van der Waals surface area (Å²) < 4.78 is 5.18. The second-order valence-electron chi connectivity index (χ2n) is 3.67. The number of rotatable bonds is 7. The van der Waals surface area contributed by atoms with Crippen LogP contribution in [-0.4, -0.2) is 25.7 Å². The summed E-state index contributed by atoms with van der Waals surface area (Å²) >= 11 is 5.97. The van der Waals surface area contributed by atoms with Crippen LogP contribution in [0.25, 0.3) is 0 Å². The number of carbonyl (C=O) groups excluding carboxylic acids is 1. The van der Waals surface area contributed by atoms with Crippen molar-refractivity contribution in [3.8, 4) is 0 Å². The molecule has 1 amide bonds. The van der Waals surface area contributed by atoms with E-state index in [1.165, 1.54) is 0 Å². The van der Waals surface area contributed by atoms with E-state index >= 15 is 0 Å². The summed E-state index contributed by atoms with van der Waals surface area (Å²) in [6.07, 6.45) is 1.16. The minimum absolute atomic E-state index is 0.00500. The lowest BCUT2D eigenvalue weighted by atomic mass is 10.1. The van der Waals surface area contributed by atoms with E-state index in [1.807, 2.05) is 25.1 Å². The zero-order valence-corrected chi connectivity index (χ0v) is 10.8. The molecule has 0 unspecified atom stereocenters. The normalized spacial score (nSPS) is 10.2. The van der Waals surface area contributed by atoms with Gasteiger partial charge in [-0.05, 0) is 25.0 Å². The molecule has 0 aromatic heterocycles. The van der Waals surface area contributed by atoms with Gasteiger partial charge in [0.2, 0.25) is 5.91 Å². The molecule has 0 aliphatic heterocycles. The Hall–Kier alpha value is -1.06. The second kappa shape index (κ2) is 8.09. The molecule has 0 saturated carbocycles. The molecular weight excluding hydrogens is 238 g/mol. The standard InChI is InChI=1S/C13H18ClNO2/c1-2-17-9-5-8-15-13(16)10-11-6-3-4-7-12(11)14/h3-4,6-7H,2,5,8-10H2,1H3,(H,15,16). The van der Waals surface area contributed by atoms with Crippen molar-refractivity contribution >= 4 is 17.5 Å². The highest BCUT2D eigenvalue weighted by Gasteiger charge is 2.05. The van der Waals surface area contributed by atoms with Gasteiger partial charge in [-0.2, -0.15) is 0 Å². The van der Waals surface area contributed by atoms with E-state index in [-0.39, 0.29) is 5.91 Å². The van der Waals surface area contributed by atoms with Gasteiger partial charge >= 0.3 is 0 Å². The highest BCUT2D eigenvalue weighted by molar-refractivity contribution is 6.31. The molecule has 94 valence electrons. The Bertz CT molecular complexity index is 355. The van der Waals surface area contributed by atoms with Crippen LogP contribution < -0.4 is 5.32 Å². The summed E-state index contributed by atoms with van der Waals surface area (Å²) in [7, 11) is 0. The minimum atomic E-state index is -0.00500. The number of amides is 1. The van der Waals surface area contributed by atoms with E-state index in [2.05, 4.69) is 5.32 Å². The third-order valence-corrected chi connectivity index (χ3v) is 2.67. The van der Waals surface area contributed by atoms with Crippen LogP contribution in [0.4, 0.5) is 0 Å². The van der Waals surface area contributed by atoms with E-state index in [0.717, 1.165) is 12.0 Å². The number of carbonyl (C=O) groups is 1. The van der Waals surface area contributed by atoms with E-state index in [1.54, 1.807) is 6.07 Å². The van der Waals surface area contributed by atoms with Gasteiger partial charge in [-0.1, -0.05) is 29.8 Å². The van der Waals surface area contributed by atoms with Crippen LogP contribution in [0.15, 0.2) is 24.3 Å². The van der Waals surface area contributed by atoms with Crippen LogP contribution in [0.2, 0.25) is 5.02 Å². The molecule has 1 rings (SSSR count). The molecule has 1 aromatic carbocycles. The highest BCUT2D eigenvalue weighted by Crippen LogP contribution is 2.15. The van der Waals surface area contributed by atoms with Crippen molar-refractivity contribution in [3.05, 3.63) is 34.9 Å². The maximum absolute atomic E-state index is 11.6. The Morgan fingerprint density at radius 3 is 2.88 bits per heavy atom. The average molecular weight is 256 g/mol. The number of halogens is 1. The van der Waals surface area contributed by atoms with Gasteiger partial charge in [0.25, 0.3) is 0 Å². The number of ether oxygens (including phenoxy) is 1. The fourth-order valence-corrected chi connectivity index (χ4v) is 1.63. The summed E-state index contributed by atoms with van der Waals surface area (Å²) in [4.78, 5) is 11.6. The molecule has 0 atom stereocenters. The molecule has 0 bridgehead atoms. The zero-order valence-electron chi connectivity index (χ0n) is 10.0. The van der Waals surface area contributed by atoms with Gasteiger partial charge in [0, 0.05) is 24.8 Å². The molecular formula is C13H18ClNO2. The SMILES string of the molecule is CCOCCCNC(=O)Cc1ccccc1Cl. The van der Waals surface area contributed by atoms with Crippen LogP contribution in [0.1, 0.15) is 18.9 Å². The number of nitrogens with one attached hydrogen (secondary N) is 1. The minimum Gasteiger partial charge on any atom is -0.382 e. The van der Waals surface area contributed by atoms with Crippen molar-refractivity contribution in [2.45, 2.75) is 19.8 Å². The van der Waals surface area contributed by atoms with E-state index < -0.39 is 0 Å². The van der Waals surface area contributed by atoms with Gasteiger partial charge in [0.15, 0.2) is 0 Å². The predicted octanol–water partition coefficient (Wildman–Crippen LogP) is 2.43. The first-order valence-corrected chi connectivity index (χ1v) is 6.19. The summed E-state index contributed by atoms with van der Waals surface area (Å²) in [5.74, 6) is -0.00500. The Morgan fingerprint density at radius 1 is 1.41 bits per heavy atom. The maximum atomic E-state index is 11.6. The van der Waals surface area contributed by atoms with Gasteiger partial charge < -0.3 is 10.1 Å². The Labute approximate surface area is 107 Å². The van der Waals surface area contributed by atoms with Crippen molar-refractivity contribution in [1.29, 1.82) is 0 Å². The van der Waals surface area contributed by atoms with Crippen molar-refractivity contribution in [2.75, 3.05) is 19.8 Å². The molecule has 0 fully saturated rings. The van der Waals surface area contributed by atoms with Crippen LogP contribution >= 0.6 is 11.6 Å². The lowest BCUT2D eigenvalue weighted by molar-refractivity contribution is -0.120. The highest BCUT2D eigenvalue weighted by atomic mass is 35.5. The van der Waals surface area contributed by atoms with Crippen molar-refractivity contribution in [2.24, 2.45) is 0 Å². The maximum Gasteiger partial charge on any atom is 0.224 e. The Morgan fingerprint density at radius 2 is 2.18 bits per heavy atom. The first-order valence-electron chi connectivity index (χ1n) is 5.82. The molecule has 0 spiro atoms. The van der Waals surface area contributed by atoms with Gasteiger partial charge in [-0.25, -0.2) is 0 Å². The number of benzene rings is 1. The molecule has 0 heterocycles. The van der Waals surface area contributed by atoms with E-state index in [9.17, 15) is 4.79 Å². The van der Waals surface area contributed by atoms with Crippen molar-refractivity contribution in [3.63, 3.8) is 0 Å². The van der Waals surface area contributed by atoms with Crippen molar-refractivity contribution in [1.82, 2.24) is 5.32 Å². The lowest BCUT2D eigenvalue weighted by Gasteiger charge is -2.06. The molecule has 0 aliphatic carbocycles. The summed E-state index contributed by atoms with van der Waals surface area (Å²) in [5, 5.41) is 3.48. The monoisotopic (exact) mass is 255 g/mol. The third-order valence-electron chi connectivity index (χ3n) is 2.30. The third kappa shape index (κ3) is 5.71. The van der Waals surface area contributed by atoms with Crippen LogP contribution in [0.3, 0.4) is 0 Å². The van der Waals surface area contributed by atoms with Crippen molar-refractivity contribution < 1.29 is 9.53 Å². The van der Waals surface area contributed by atoms with Gasteiger partial charge in [0.05, 0.1) is 6.42 Å². The lowest BCUT2D eigenvalue weighted by Crippen LogP contribution is -2.26. The quantitative estimate of drug-likeness (QED) is 0.760. The molecule has 0 radical (unpaired) electrons. The summed E-state index contributed by atoms with van der Waals surface area (Å²) in [5.41, 5.74) is 0.858. The fourth-order valence-electron chi connectivity index (χ4n) is 1.42. The molecule has 0 saturated heterocycles. The van der Waals surface area contributed by atoms with Gasteiger partial charge in [-0.3, -0.25) is 4.79 Å². The molecule has 17 heavy (non-hydrogen) atoms. The second-order valence-corrected chi connectivity index (χ2v) is 4.08. The smallest absolute Gasteiger partial charge is 0.224 e. The van der Waals surface area contributed by atoms with Crippen LogP contribution in [0.5, 0.6) is 0 Å². The molecule has 4 heteroatoms. The average Bonchev–Trinajstić information content (AvgIpc) is 2.32. The molecule has 1 N–H and O–H groups in total. The summed E-state index contributed by atoms with van der Waals surface area (Å²) in [6.45, 7) is 4.00. The molecule has 0 aliphatic rings. The molecule has 3 nitrogen and oxygen atoms in total. The molecule has 1 aromatic rings. The van der Waals surface area contributed by atoms with Crippen LogP contribution in [-0.2, 0) is 16.0 Å². The largest absolute Gasteiger partial charge is 0.382 e. The fraction of sp³-hybridized carbons (Fsp3) is 0.462.